The van der Waals surface area contributed by atoms with Crippen LogP contribution in [0.5, 0.6) is 0 Å². The van der Waals surface area contributed by atoms with Gasteiger partial charge in [-0.3, -0.25) is 0 Å². The number of rotatable bonds is 1. The van der Waals surface area contributed by atoms with Crippen LogP contribution in [0.2, 0.25) is 0 Å². The number of benzene rings is 1. The van der Waals surface area contributed by atoms with Crippen LogP contribution in [-0.4, -0.2) is 13.1 Å². The van der Waals surface area contributed by atoms with Crippen LogP contribution >= 0.6 is 0 Å². The molecular formula is C12H11F4N. The molecule has 17 heavy (non-hydrogen) atoms. The maximum atomic E-state index is 13.6. The fourth-order valence-corrected chi connectivity index (χ4v) is 1.94. The Bertz CT molecular complexity index is 448. The minimum Gasteiger partial charge on any atom is -0.313 e. The van der Waals surface area contributed by atoms with Crippen molar-refractivity contribution in [2.75, 3.05) is 13.1 Å². The first-order valence-corrected chi connectivity index (χ1v) is 5.26. The fraction of sp³-hybridized carbons (Fsp3) is 0.333. The van der Waals surface area contributed by atoms with Crippen LogP contribution in [0.1, 0.15) is 17.5 Å². The average molecular weight is 245 g/mol. The van der Waals surface area contributed by atoms with E-state index >= 15 is 0 Å². The molecule has 0 atom stereocenters. The highest BCUT2D eigenvalue weighted by molar-refractivity contribution is 5.70. The largest absolute Gasteiger partial charge is 0.417 e. The van der Waals surface area contributed by atoms with Gasteiger partial charge in [0.05, 0.1) is 5.56 Å². The summed E-state index contributed by atoms with van der Waals surface area (Å²) in [5, 5.41) is 2.98. The third kappa shape index (κ3) is 2.49. The molecule has 0 saturated carbocycles. The Morgan fingerprint density at radius 1 is 1.18 bits per heavy atom. The summed E-state index contributed by atoms with van der Waals surface area (Å²) in [6.07, 6.45) is -2.51. The number of alkyl halides is 3. The summed E-state index contributed by atoms with van der Waals surface area (Å²) in [6, 6.07) is 3.07. The van der Waals surface area contributed by atoms with E-state index in [1.807, 2.05) is 0 Å². The molecule has 2 rings (SSSR count). The summed E-state index contributed by atoms with van der Waals surface area (Å²) in [7, 11) is 0. The van der Waals surface area contributed by atoms with Crippen LogP contribution in [0.3, 0.4) is 0 Å². The molecule has 0 unspecified atom stereocenters. The van der Waals surface area contributed by atoms with Crippen LogP contribution in [0.15, 0.2) is 24.3 Å². The highest BCUT2D eigenvalue weighted by Gasteiger charge is 2.35. The number of hydrogen-bond acceptors (Lipinski definition) is 1. The van der Waals surface area contributed by atoms with Gasteiger partial charge in [-0.05, 0) is 30.7 Å². The first-order chi connectivity index (χ1) is 8.00. The predicted octanol–water partition coefficient (Wildman–Crippen LogP) is 3.22. The topological polar surface area (TPSA) is 12.0 Å². The number of hydrogen-bond donors (Lipinski definition) is 1. The van der Waals surface area contributed by atoms with E-state index < -0.39 is 17.6 Å². The van der Waals surface area contributed by atoms with Crippen molar-refractivity contribution in [2.24, 2.45) is 0 Å². The normalized spacial score (nSPS) is 16.8. The zero-order valence-electron chi connectivity index (χ0n) is 8.94. The van der Waals surface area contributed by atoms with Crippen molar-refractivity contribution in [1.82, 2.24) is 5.32 Å². The molecule has 0 aromatic heterocycles. The van der Waals surface area contributed by atoms with Crippen molar-refractivity contribution in [3.63, 3.8) is 0 Å². The molecule has 5 heteroatoms. The first-order valence-electron chi connectivity index (χ1n) is 5.26. The monoisotopic (exact) mass is 245 g/mol. The van der Waals surface area contributed by atoms with Gasteiger partial charge in [0.25, 0.3) is 0 Å². The lowest BCUT2D eigenvalue weighted by atomic mass is 9.94. The summed E-state index contributed by atoms with van der Waals surface area (Å²) in [4.78, 5) is 0. The summed E-state index contributed by atoms with van der Waals surface area (Å²) in [5.41, 5.74) is -0.777. The molecule has 1 aliphatic rings. The molecule has 0 saturated heterocycles. The van der Waals surface area contributed by atoms with Crippen molar-refractivity contribution >= 4 is 5.57 Å². The average Bonchev–Trinajstić information content (AvgIpc) is 2.28. The molecular weight excluding hydrogens is 234 g/mol. The second kappa shape index (κ2) is 4.49. The van der Waals surface area contributed by atoms with Gasteiger partial charge in [-0.2, -0.15) is 13.2 Å². The molecule has 1 aromatic carbocycles. The fourth-order valence-electron chi connectivity index (χ4n) is 1.94. The van der Waals surface area contributed by atoms with E-state index in [-0.39, 0.29) is 5.56 Å². The van der Waals surface area contributed by atoms with E-state index in [0.29, 0.717) is 25.1 Å². The Kier molecular flexibility index (Phi) is 3.19. The second-order valence-corrected chi connectivity index (χ2v) is 3.84. The molecule has 1 N–H and O–H groups in total. The van der Waals surface area contributed by atoms with Crippen LogP contribution in [0, 0.1) is 5.82 Å². The van der Waals surface area contributed by atoms with Crippen molar-refractivity contribution < 1.29 is 17.6 Å². The summed E-state index contributed by atoms with van der Waals surface area (Å²) >= 11 is 0. The Labute approximate surface area is 96.1 Å². The molecule has 1 heterocycles. The zero-order valence-corrected chi connectivity index (χ0v) is 8.94. The Morgan fingerprint density at radius 3 is 2.53 bits per heavy atom. The van der Waals surface area contributed by atoms with Gasteiger partial charge in [0, 0.05) is 12.1 Å². The van der Waals surface area contributed by atoms with Gasteiger partial charge < -0.3 is 5.32 Å². The first kappa shape index (κ1) is 12.1. The van der Waals surface area contributed by atoms with E-state index in [0.717, 1.165) is 18.2 Å². The molecule has 0 spiro atoms. The van der Waals surface area contributed by atoms with Crippen LogP contribution < -0.4 is 5.32 Å². The molecule has 0 radical (unpaired) electrons. The molecule has 92 valence electrons. The summed E-state index contributed by atoms with van der Waals surface area (Å²) in [6.45, 7) is 1.04. The van der Waals surface area contributed by atoms with Crippen LogP contribution in [0.4, 0.5) is 17.6 Å². The lowest BCUT2D eigenvalue weighted by molar-refractivity contribution is -0.138. The smallest absolute Gasteiger partial charge is 0.313 e. The molecule has 0 aliphatic carbocycles. The van der Waals surface area contributed by atoms with Gasteiger partial charge in [-0.15, -0.1) is 0 Å². The van der Waals surface area contributed by atoms with Gasteiger partial charge in [-0.25, -0.2) is 4.39 Å². The van der Waals surface area contributed by atoms with Gasteiger partial charge in [0.2, 0.25) is 0 Å². The van der Waals surface area contributed by atoms with Gasteiger partial charge in [-0.1, -0.05) is 12.1 Å². The molecule has 0 amide bonds. The summed E-state index contributed by atoms with van der Waals surface area (Å²) < 4.78 is 51.9. The number of nitrogens with one attached hydrogen (secondary N) is 1. The van der Waals surface area contributed by atoms with Crippen molar-refractivity contribution in [3.8, 4) is 0 Å². The Morgan fingerprint density at radius 2 is 1.94 bits per heavy atom. The van der Waals surface area contributed by atoms with Crippen molar-refractivity contribution in [1.29, 1.82) is 0 Å². The third-order valence-electron chi connectivity index (χ3n) is 2.70. The number of halogens is 4. The highest BCUT2D eigenvalue weighted by atomic mass is 19.4. The van der Waals surface area contributed by atoms with E-state index in [1.165, 1.54) is 0 Å². The maximum Gasteiger partial charge on any atom is 0.417 e. The van der Waals surface area contributed by atoms with Crippen LogP contribution in [-0.2, 0) is 6.18 Å². The Balaban J connectivity index is 2.55. The summed E-state index contributed by atoms with van der Waals surface area (Å²) in [5.74, 6) is -0.812. The van der Waals surface area contributed by atoms with Gasteiger partial charge in [0.1, 0.15) is 5.82 Å². The van der Waals surface area contributed by atoms with E-state index in [9.17, 15) is 17.6 Å². The van der Waals surface area contributed by atoms with E-state index in [1.54, 1.807) is 6.08 Å². The van der Waals surface area contributed by atoms with Crippen LogP contribution in [0.25, 0.3) is 5.57 Å². The van der Waals surface area contributed by atoms with Gasteiger partial charge in [0.15, 0.2) is 0 Å². The van der Waals surface area contributed by atoms with Crippen molar-refractivity contribution in [3.05, 3.63) is 41.2 Å². The minimum atomic E-state index is -4.52. The SMILES string of the molecule is Fc1cccc(C(F)(F)F)c1C1=CCNCC1. The second-order valence-electron chi connectivity index (χ2n) is 3.84. The van der Waals surface area contributed by atoms with E-state index in [2.05, 4.69) is 5.32 Å². The van der Waals surface area contributed by atoms with Crippen molar-refractivity contribution in [2.45, 2.75) is 12.6 Å². The molecule has 0 bridgehead atoms. The van der Waals surface area contributed by atoms with E-state index in [4.69, 9.17) is 0 Å². The Hall–Kier alpha value is -1.36. The van der Waals surface area contributed by atoms with Gasteiger partial charge >= 0.3 is 6.18 Å². The minimum absolute atomic E-state index is 0.304. The predicted molar refractivity (Wildman–Crippen MR) is 56.9 cm³/mol. The zero-order chi connectivity index (χ0) is 12.5. The quantitative estimate of drug-likeness (QED) is 0.749. The lowest BCUT2D eigenvalue weighted by Gasteiger charge is -2.19. The molecule has 1 nitrogen and oxygen atoms in total. The molecule has 1 aromatic rings. The maximum absolute atomic E-state index is 13.6. The lowest BCUT2D eigenvalue weighted by Crippen LogP contribution is -2.21. The standard InChI is InChI=1S/C12H11F4N/c13-10-3-1-2-9(12(14,15)16)11(10)8-4-6-17-7-5-8/h1-4,17H,5-7H2. The molecule has 1 aliphatic heterocycles. The third-order valence-corrected chi connectivity index (χ3v) is 2.70. The highest BCUT2D eigenvalue weighted by Crippen LogP contribution is 2.37. The molecule has 0 fully saturated rings.